The van der Waals surface area contributed by atoms with Crippen molar-refractivity contribution in [1.82, 2.24) is 9.80 Å². The molecule has 0 atom stereocenters. The fourth-order valence-electron chi connectivity index (χ4n) is 7.55. The molecule has 0 saturated heterocycles. The number of hydrogen-bond donors (Lipinski definition) is 2. The van der Waals surface area contributed by atoms with Gasteiger partial charge in [-0.15, -0.1) is 0 Å². The van der Waals surface area contributed by atoms with E-state index in [0.717, 1.165) is 0 Å². The first-order valence-corrected chi connectivity index (χ1v) is 20.9. The molecule has 2 amide bonds. The molecule has 0 spiro atoms. The van der Waals surface area contributed by atoms with Gasteiger partial charge in [-0.3, -0.25) is 19.2 Å². The van der Waals surface area contributed by atoms with Crippen LogP contribution in [0.25, 0.3) is 0 Å². The van der Waals surface area contributed by atoms with Crippen LogP contribution in [0.4, 0.5) is 0 Å². The van der Waals surface area contributed by atoms with E-state index in [-0.39, 0.29) is 36.2 Å². The van der Waals surface area contributed by atoms with Crippen molar-refractivity contribution in [2.24, 2.45) is 23.7 Å². The van der Waals surface area contributed by atoms with Crippen molar-refractivity contribution in [3.63, 3.8) is 0 Å². The van der Waals surface area contributed by atoms with E-state index < -0.39 is 47.4 Å². The summed E-state index contributed by atoms with van der Waals surface area (Å²) in [4.78, 5) is 58.5. The molecule has 0 aliphatic heterocycles. The van der Waals surface area contributed by atoms with Crippen LogP contribution in [0.5, 0.6) is 23.0 Å². The summed E-state index contributed by atoms with van der Waals surface area (Å²) in [6.45, 7) is -0.212. The summed E-state index contributed by atoms with van der Waals surface area (Å²) in [5.74, 6) is -8.65. The van der Waals surface area contributed by atoms with E-state index in [1.54, 1.807) is 84.9 Å². The molecule has 1 aliphatic carbocycles. The summed E-state index contributed by atoms with van der Waals surface area (Å²) in [6, 6.07) is 42.0. The minimum absolute atomic E-state index is 0.0358. The van der Waals surface area contributed by atoms with Gasteiger partial charge in [0.1, 0.15) is 23.0 Å². The zero-order valence-electron chi connectivity index (χ0n) is 32.7. The highest BCUT2D eigenvalue weighted by Crippen LogP contribution is 2.49. The van der Waals surface area contributed by atoms with E-state index in [0.29, 0.717) is 55.3 Å². The number of carboxylic acid groups (broad SMARTS) is 2. The predicted molar refractivity (Wildman–Crippen MR) is 237 cm³/mol. The Morgan fingerprint density at radius 3 is 1.03 bits per heavy atom. The molecule has 10 nitrogen and oxygen atoms in total. The highest BCUT2D eigenvalue weighted by Gasteiger charge is 2.65. The van der Waals surface area contributed by atoms with Gasteiger partial charge in [-0.25, -0.2) is 0 Å². The van der Waals surface area contributed by atoms with E-state index >= 15 is 0 Å². The van der Waals surface area contributed by atoms with Crippen molar-refractivity contribution < 1.29 is 38.9 Å². The van der Waals surface area contributed by atoms with E-state index in [1.807, 2.05) is 60.7 Å². The molecule has 62 heavy (non-hydrogen) atoms. The molecule has 316 valence electrons. The van der Waals surface area contributed by atoms with E-state index in [9.17, 15) is 29.4 Å². The number of aliphatic carboxylic acids is 2. The maximum atomic E-state index is 14.7. The normalized spacial score (nSPS) is 16.7. The fourth-order valence-corrected chi connectivity index (χ4v) is 8.20. The van der Waals surface area contributed by atoms with Crippen LogP contribution in [0, 0.1) is 23.7 Å². The van der Waals surface area contributed by atoms with Crippen molar-refractivity contribution >= 4 is 70.2 Å². The molecule has 2 N–H and O–H groups in total. The number of nitrogens with zero attached hydrogens (tertiary/aromatic N) is 2. The summed E-state index contributed by atoms with van der Waals surface area (Å²) in [5, 5.41) is 22.5. The third-order valence-corrected chi connectivity index (χ3v) is 12.1. The monoisotopic (exact) mass is 910 g/mol. The molecular weight excluding hydrogens is 874 g/mol. The Bertz CT molecular complexity index is 2380. The fraction of sp³-hybridized carbons (Fsp3) is 0.167. The second-order valence-electron chi connectivity index (χ2n) is 14.8. The second-order valence-corrected chi connectivity index (χ2v) is 16.4. The molecule has 1 fully saturated rings. The van der Waals surface area contributed by atoms with Crippen LogP contribution >= 0.6 is 46.4 Å². The van der Waals surface area contributed by atoms with E-state index in [4.69, 9.17) is 55.9 Å². The van der Waals surface area contributed by atoms with Crippen LogP contribution < -0.4 is 9.47 Å². The zero-order valence-corrected chi connectivity index (χ0v) is 35.8. The van der Waals surface area contributed by atoms with E-state index in [2.05, 4.69) is 0 Å². The molecule has 0 bridgehead atoms. The maximum absolute atomic E-state index is 14.7. The van der Waals surface area contributed by atoms with Crippen LogP contribution in [-0.2, 0) is 45.4 Å². The van der Waals surface area contributed by atoms with Crippen molar-refractivity contribution in [2.45, 2.75) is 26.2 Å². The average molecular weight is 913 g/mol. The Balaban J connectivity index is 1.18. The smallest absolute Gasteiger partial charge is 0.308 e. The molecule has 6 aromatic carbocycles. The van der Waals surface area contributed by atoms with Crippen molar-refractivity contribution in [1.29, 1.82) is 0 Å². The number of hydrogen-bond acceptors (Lipinski definition) is 6. The van der Waals surface area contributed by atoms with E-state index in [1.165, 1.54) is 9.80 Å². The van der Waals surface area contributed by atoms with Crippen LogP contribution in [0.3, 0.4) is 0 Å². The standard InChI is InChI=1S/C48H38Cl4N2O8/c49-37-21-15-31(23-39(37)51)27-53(25-29-11-17-35(18-12-29)61-33-7-3-1-4-8-33)45(55)41-43(47(57)58)42(44(41)48(59)60)46(56)54(28-32-16-22-38(50)40(52)24-32)26-30-13-19-36(20-14-30)62-34-9-5-2-6-10-34/h1-24,41-44H,25-28H2,(H,57,58)(H,59,60)/t41-,42-,43-,44+. The van der Waals surface area contributed by atoms with Gasteiger partial charge in [0, 0.05) is 26.2 Å². The summed E-state index contributed by atoms with van der Waals surface area (Å²) < 4.78 is 11.9. The number of carbonyl (C=O) groups excluding carboxylic acids is 2. The van der Waals surface area contributed by atoms with Crippen LogP contribution in [-0.4, -0.2) is 43.8 Å². The lowest BCUT2D eigenvalue weighted by Crippen LogP contribution is -2.64. The summed E-state index contributed by atoms with van der Waals surface area (Å²) in [5.41, 5.74) is 2.43. The Hall–Kier alpha value is -6.04. The summed E-state index contributed by atoms with van der Waals surface area (Å²) in [7, 11) is 0. The molecule has 1 saturated carbocycles. The molecule has 14 heteroatoms. The minimum Gasteiger partial charge on any atom is -0.481 e. The molecule has 0 aromatic heterocycles. The van der Waals surface area contributed by atoms with Gasteiger partial charge in [0.05, 0.1) is 43.8 Å². The number of halogens is 4. The first-order valence-electron chi connectivity index (χ1n) is 19.4. The SMILES string of the molecule is O=C(O)[C@H]1[C@H](C(=O)N(Cc2ccc(Oc3ccccc3)cc2)Cc2ccc(Cl)c(Cl)c2)[C@@H](C(=O)O)[C@H]1C(=O)N(Cc1ccc(Oc2ccccc2)cc1)Cc1ccc(Cl)c(Cl)c1. The number of rotatable bonds is 16. The summed E-state index contributed by atoms with van der Waals surface area (Å²) in [6.07, 6.45) is 0. The molecule has 6 aromatic rings. The number of ether oxygens (including phenoxy) is 2. The van der Waals surface area contributed by atoms with Gasteiger partial charge in [0.25, 0.3) is 0 Å². The van der Waals surface area contributed by atoms with Crippen molar-refractivity contribution in [3.8, 4) is 23.0 Å². The van der Waals surface area contributed by atoms with Gasteiger partial charge in [0.2, 0.25) is 11.8 Å². The molecule has 0 unspecified atom stereocenters. The molecule has 0 radical (unpaired) electrons. The van der Waals surface area contributed by atoms with Crippen molar-refractivity contribution in [3.05, 3.63) is 188 Å². The van der Waals surface area contributed by atoms with Gasteiger partial charge in [-0.1, -0.05) is 119 Å². The van der Waals surface area contributed by atoms with Crippen LogP contribution in [0.2, 0.25) is 20.1 Å². The zero-order chi connectivity index (χ0) is 43.9. The van der Waals surface area contributed by atoms with Crippen LogP contribution in [0.15, 0.2) is 146 Å². The predicted octanol–water partition coefficient (Wildman–Crippen LogP) is 11.3. The van der Waals surface area contributed by atoms with Gasteiger partial charge >= 0.3 is 11.9 Å². The molecule has 0 heterocycles. The minimum atomic E-state index is -1.67. The van der Waals surface area contributed by atoms with Gasteiger partial charge in [0.15, 0.2) is 0 Å². The number of para-hydroxylation sites is 2. The highest BCUT2D eigenvalue weighted by atomic mass is 35.5. The third kappa shape index (κ3) is 10.5. The topological polar surface area (TPSA) is 134 Å². The molecular formula is C48H38Cl4N2O8. The number of benzene rings is 6. The van der Waals surface area contributed by atoms with Crippen LogP contribution in [0.1, 0.15) is 22.3 Å². The molecule has 1 aliphatic rings. The lowest BCUT2D eigenvalue weighted by atomic mass is 9.55. The quantitative estimate of drug-likeness (QED) is 0.0980. The number of carboxylic acids is 2. The van der Waals surface area contributed by atoms with Gasteiger partial charge in [-0.2, -0.15) is 0 Å². The van der Waals surface area contributed by atoms with Crippen molar-refractivity contribution in [2.75, 3.05) is 0 Å². The Labute approximate surface area is 377 Å². The Morgan fingerprint density at radius 2 is 0.710 bits per heavy atom. The lowest BCUT2D eigenvalue weighted by molar-refractivity contribution is -0.188. The molecule has 7 rings (SSSR count). The largest absolute Gasteiger partial charge is 0.481 e. The Kier molecular flexibility index (Phi) is 14.0. The number of carbonyl (C=O) groups is 4. The van der Waals surface area contributed by atoms with Gasteiger partial charge < -0.3 is 29.5 Å². The number of amides is 2. The first-order chi connectivity index (χ1) is 29.8. The summed E-state index contributed by atoms with van der Waals surface area (Å²) >= 11 is 25.1. The Morgan fingerprint density at radius 1 is 0.403 bits per heavy atom. The third-order valence-electron chi connectivity index (χ3n) is 10.6. The maximum Gasteiger partial charge on any atom is 0.308 e. The highest BCUT2D eigenvalue weighted by molar-refractivity contribution is 6.42. The lowest BCUT2D eigenvalue weighted by Gasteiger charge is -2.48. The average Bonchev–Trinajstić information content (AvgIpc) is 3.24. The first kappa shape index (κ1) is 44.0. The van der Waals surface area contributed by atoms with Gasteiger partial charge in [-0.05, 0) is 95.1 Å². The second kappa shape index (κ2) is 19.8.